The Morgan fingerprint density at radius 1 is 1.08 bits per heavy atom. The van der Waals surface area contributed by atoms with Crippen LogP contribution in [0.4, 0.5) is 17.1 Å². The summed E-state index contributed by atoms with van der Waals surface area (Å²) in [7, 11) is 0. The number of rotatable bonds is 3. The largest absolute Gasteiger partial charge is 0.378 e. The van der Waals surface area contributed by atoms with E-state index in [4.69, 9.17) is 11.6 Å². The number of anilines is 3. The van der Waals surface area contributed by atoms with Crippen LogP contribution in [-0.2, 0) is 4.79 Å². The highest BCUT2D eigenvalue weighted by atomic mass is 35.5. The molecule has 1 aliphatic rings. The Morgan fingerprint density at radius 3 is 2.77 bits per heavy atom. The zero-order valence-electron chi connectivity index (χ0n) is 14.0. The fourth-order valence-corrected chi connectivity index (χ4v) is 3.28. The summed E-state index contributed by atoms with van der Waals surface area (Å²) in [4.78, 5) is 26.7. The number of benzene rings is 2. The lowest BCUT2D eigenvalue weighted by molar-refractivity contribution is -0.114. The van der Waals surface area contributed by atoms with Crippen molar-refractivity contribution in [1.29, 1.82) is 0 Å². The molecular weight excluding hydrogens is 352 g/mol. The van der Waals surface area contributed by atoms with Crippen molar-refractivity contribution in [2.75, 3.05) is 22.5 Å². The van der Waals surface area contributed by atoms with Gasteiger partial charge in [-0.05, 0) is 49.4 Å². The van der Waals surface area contributed by atoms with Crippen LogP contribution in [0.15, 0.2) is 47.3 Å². The molecule has 1 atom stereocenters. The van der Waals surface area contributed by atoms with Gasteiger partial charge in [0.25, 0.3) is 5.56 Å². The van der Waals surface area contributed by atoms with Gasteiger partial charge in [-0.25, -0.2) is 0 Å². The summed E-state index contributed by atoms with van der Waals surface area (Å²) in [5, 5.41) is 10.7. The highest BCUT2D eigenvalue weighted by Gasteiger charge is 2.16. The normalized spacial score (nSPS) is 14.3. The van der Waals surface area contributed by atoms with Gasteiger partial charge in [0, 0.05) is 27.2 Å². The standard InChI is InChI=1S/C19H17ClN4O2/c1-10(14-7-11-6-12(20)2-4-15(11)24-19(14)26)22-13-3-5-16-17(8-13)21-9-18(25)23-16/h2-8,10,21-22H,9H2,1H3,(H,23,25)(H,24,26)/t10-/m0/s1. The summed E-state index contributed by atoms with van der Waals surface area (Å²) < 4.78 is 0. The Morgan fingerprint density at radius 2 is 1.92 bits per heavy atom. The summed E-state index contributed by atoms with van der Waals surface area (Å²) in [6.45, 7) is 2.17. The smallest absolute Gasteiger partial charge is 0.253 e. The Kier molecular flexibility index (Phi) is 4.05. The molecule has 0 unspecified atom stereocenters. The molecule has 1 aliphatic heterocycles. The molecule has 7 heteroatoms. The molecule has 3 aromatic rings. The number of hydrogen-bond donors (Lipinski definition) is 4. The van der Waals surface area contributed by atoms with E-state index in [0.29, 0.717) is 10.6 Å². The molecule has 132 valence electrons. The molecule has 0 spiro atoms. The van der Waals surface area contributed by atoms with Gasteiger partial charge in [-0.1, -0.05) is 11.6 Å². The summed E-state index contributed by atoms with van der Waals surface area (Å²) in [5.41, 5.74) is 3.69. The van der Waals surface area contributed by atoms with E-state index in [2.05, 4.69) is 20.9 Å². The number of pyridine rings is 1. The summed E-state index contributed by atoms with van der Waals surface area (Å²) in [6, 6.07) is 12.6. The number of halogens is 1. The highest BCUT2D eigenvalue weighted by Crippen LogP contribution is 2.29. The second-order valence-electron chi connectivity index (χ2n) is 6.31. The average molecular weight is 369 g/mol. The third-order valence-corrected chi connectivity index (χ3v) is 4.65. The van der Waals surface area contributed by atoms with Crippen molar-refractivity contribution in [2.24, 2.45) is 0 Å². The lowest BCUT2D eigenvalue weighted by Gasteiger charge is -2.21. The fraction of sp³-hybridized carbons (Fsp3) is 0.158. The van der Waals surface area contributed by atoms with Crippen LogP contribution in [-0.4, -0.2) is 17.4 Å². The second-order valence-corrected chi connectivity index (χ2v) is 6.75. The number of carbonyl (C=O) groups excluding carboxylic acids is 1. The number of fused-ring (bicyclic) bond motifs is 2. The Balaban J connectivity index is 1.63. The van der Waals surface area contributed by atoms with Gasteiger partial charge in [0.05, 0.1) is 24.0 Å². The minimum Gasteiger partial charge on any atom is -0.378 e. The van der Waals surface area contributed by atoms with Gasteiger partial charge in [0.2, 0.25) is 5.91 Å². The second kappa shape index (κ2) is 6.38. The van der Waals surface area contributed by atoms with Gasteiger partial charge in [0.15, 0.2) is 0 Å². The zero-order chi connectivity index (χ0) is 18.3. The van der Waals surface area contributed by atoms with Gasteiger partial charge in [0.1, 0.15) is 0 Å². The fourth-order valence-electron chi connectivity index (χ4n) is 3.10. The third-order valence-electron chi connectivity index (χ3n) is 4.42. The first kappa shape index (κ1) is 16.5. The molecule has 0 fully saturated rings. The molecule has 0 radical (unpaired) electrons. The van der Waals surface area contributed by atoms with Crippen molar-refractivity contribution in [3.05, 3.63) is 63.4 Å². The van der Waals surface area contributed by atoms with Gasteiger partial charge in [-0.3, -0.25) is 9.59 Å². The van der Waals surface area contributed by atoms with Gasteiger partial charge in [-0.15, -0.1) is 0 Å². The minimum absolute atomic E-state index is 0.0621. The molecule has 6 nitrogen and oxygen atoms in total. The van der Waals surface area contributed by atoms with Gasteiger partial charge < -0.3 is 20.9 Å². The molecule has 4 N–H and O–H groups in total. The topological polar surface area (TPSA) is 86.0 Å². The molecule has 1 aromatic heterocycles. The Labute approximate surface area is 154 Å². The monoisotopic (exact) mass is 368 g/mol. The highest BCUT2D eigenvalue weighted by molar-refractivity contribution is 6.31. The number of amides is 1. The van der Waals surface area contributed by atoms with E-state index in [-0.39, 0.29) is 24.1 Å². The predicted octanol–water partition coefficient (Wildman–Crippen LogP) is 3.72. The van der Waals surface area contributed by atoms with Crippen LogP contribution >= 0.6 is 11.6 Å². The van der Waals surface area contributed by atoms with Crippen LogP contribution < -0.4 is 21.5 Å². The van der Waals surface area contributed by atoms with Crippen LogP contribution in [0.5, 0.6) is 0 Å². The first-order chi connectivity index (χ1) is 12.5. The van der Waals surface area contributed by atoms with Crippen molar-refractivity contribution in [3.63, 3.8) is 0 Å². The lowest BCUT2D eigenvalue weighted by atomic mass is 10.1. The van der Waals surface area contributed by atoms with E-state index in [1.54, 1.807) is 12.1 Å². The number of carbonyl (C=O) groups is 1. The van der Waals surface area contributed by atoms with E-state index >= 15 is 0 Å². The van der Waals surface area contributed by atoms with Crippen molar-refractivity contribution in [3.8, 4) is 0 Å². The third kappa shape index (κ3) is 3.11. The van der Waals surface area contributed by atoms with Crippen LogP contribution in [0.25, 0.3) is 10.9 Å². The van der Waals surface area contributed by atoms with Crippen LogP contribution in [0.1, 0.15) is 18.5 Å². The molecule has 1 amide bonds. The lowest BCUT2D eigenvalue weighted by Crippen LogP contribution is -2.27. The molecule has 4 rings (SSSR count). The zero-order valence-corrected chi connectivity index (χ0v) is 14.8. The van der Waals surface area contributed by atoms with E-state index in [1.165, 1.54) is 0 Å². The van der Waals surface area contributed by atoms with Gasteiger partial charge in [-0.2, -0.15) is 0 Å². The Bertz CT molecular complexity index is 1080. The maximum Gasteiger partial charge on any atom is 0.253 e. The summed E-state index contributed by atoms with van der Waals surface area (Å²) >= 11 is 6.05. The number of H-pyrrole nitrogens is 1. The van der Waals surface area contributed by atoms with Gasteiger partial charge >= 0.3 is 0 Å². The molecule has 2 heterocycles. The summed E-state index contributed by atoms with van der Waals surface area (Å²) in [5.74, 6) is -0.0621. The molecule has 0 aliphatic carbocycles. The van der Waals surface area contributed by atoms with E-state index in [0.717, 1.165) is 28.0 Å². The molecule has 26 heavy (non-hydrogen) atoms. The molecule has 0 bridgehead atoms. The number of aromatic amines is 1. The van der Waals surface area contributed by atoms with Crippen molar-refractivity contribution < 1.29 is 4.79 Å². The first-order valence-electron chi connectivity index (χ1n) is 8.26. The first-order valence-corrected chi connectivity index (χ1v) is 8.64. The maximum atomic E-state index is 12.4. The molecule has 0 saturated heterocycles. The predicted molar refractivity (Wildman–Crippen MR) is 105 cm³/mol. The maximum absolute atomic E-state index is 12.4. The Hall–Kier alpha value is -2.99. The molecule has 2 aromatic carbocycles. The number of hydrogen-bond acceptors (Lipinski definition) is 4. The quantitative estimate of drug-likeness (QED) is 0.567. The number of nitrogens with one attached hydrogen (secondary N) is 4. The van der Waals surface area contributed by atoms with E-state index < -0.39 is 0 Å². The van der Waals surface area contributed by atoms with Crippen molar-refractivity contribution >= 4 is 45.5 Å². The number of aromatic nitrogens is 1. The molecule has 0 saturated carbocycles. The van der Waals surface area contributed by atoms with Crippen molar-refractivity contribution in [2.45, 2.75) is 13.0 Å². The van der Waals surface area contributed by atoms with Crippen molar-refractivity contribution in [1.82, 2.24) is 4.98 Å². The average Bonchev–Trinajstić information content (AvgIpc) is 2.61. The van der Waals surface area contributed by atoms with E-state index in [1.807, 2.05) is 37.3 Å². The minimum atomic E-state index is -0.210. The summed E-state index contributed by atoms with van der Waals surface area (Å²) in [6.07, 6.45) is 0. The molecular formula is C19H17ClN4O2. The SMILES string of the molecule is C[C@H](Nc1ccc2c(c1)NCC(=O)N2)c1cc2cc(Cl)ccc2[nH]c1=O. The van der Waals surface area contributed by atoms with Crippen LogP contribution in [0, 0.1) is 0 Å². The van der Waals surface area contributed by atoms with Crippen LogP contribution in [0.2, 0.25) is 5.02 Å². The van der Waals surface area contributed by atoms with Crippen LogP contribution in [0.3, 0.4) is 0 Å². The van der Waals surface area contributed by atoms with E-state index in [9.17, 15) is 9.59 Å².